The average molecular weight is 361 g/mol. The van der Waals surface area contributed by atoms with E-state index in [2.05, 4.69) is 10.3 Å². The van der Waals surface area contributed by atoms with E-state index in [1.54, 1.807) is 20.8 Å². The molecule has 1 N–H and O–H groups in total. The summed E-state index contributed by atoms with van der Waals surface area (Å²) in [4.78, 5) is 26.5. The van der Waals surface area contributed by atoms with E-state index in [1.807, 2.05) is 30.3 Å². The first-order valence-corrected chi connectivity index (χ1v) is 8.54. The zero-order valence-corrected chi connectivity index (χ0v) is 15.0. The Morgan fingerprint density at radius 1 is 1.32 bits per heavy atom. The monoisotopic (exact) mass is 361 g/mol. The largest absolute Gasteiger partial charge is 0.444 e. The van der Waals surface area contributed by atoms with Gasteiger partial charge in [-0.15, -0.1) is 0 Å². The highest BCUT2D eigenvalue weighted by Gasteiger charge is 2.19. The molecule has 0 aliphatic heterocycles. The fourth-order valence-electron chi connectivity index (χ4n) is 1.89. The van der Waals surface area contributed by atoms with E-state index in [4.69, 9.17) is 4.74 Å². The van der Waals surface area contributed by atoms with Crippen molar-refractivity contribution in [1.29, 1.82) is 0 Å². The van der Waals surface area contributed by atoms with E-state index in [0.717, 1.165) is 5.56 Å². The van der Waals surface area contributed by atoms with E-state index in [1.165, 1.54) is 24.0 Å². The summed E-state index contributed by atoms with van der Waals surface area (Å²) < 4.78 is 5.20. The Morgan fingerprint density at radius 2 is 2.00 bits per heavy atom. The van der Waals surface area contributed by atoms with Gasteiger partial charge in [-0.25, -0.2) is 9.78 Å². The number of carbonyl (C=O) groups is 1. The van der Waals surface area contributed by atoms with Gasteiger partial charge in [-0.1, -0.05) is 42.1 Å². The van der Waals surface area contributed by atoms with Crippen LogP contribution in [0, 0.1) is 10.1 Å². The molecule has 0 saturated heterocycles. The maximum atomic E-state index is 12.0. The Kier molecular flexibility index (Phi) is 5.97. The van der Waals surface area contributed by atoms with Crippen LogP contribution >= 0.6 is 11.8 Å². The number of hydrogen-bond acceptors (Lipinski definition) is 6. The van der Waals surface area contributed by atoms with Crippen LogP contribution in [0.1, 0.15) is 26.3 Å². The van der Waals surface area contributed by atoms with Crippen LogP contribution in [0.25, 0.3) is 0 Å². The van der Waals surface area contributed by atoms with E-state index in [0.29, 0.717) is 10.8 Å². The Balaban J connectivity index is 2.19. The number of amides is 1. The number of nitro groups is 1. The smallest absolute Gasteiger partial charge is 0.412 e. The van der Waals surface area contributed by atoms with Crippen molar-refractivity contribution in [1.82, 2.24) is 4.98 Å². The fourth-order valence-corrected chi connectivity index (χ4v) is 2.77. The molecule has 2 rings (SSSR count). The number of nitrogens with zero attached hydrogens (tertiary/aromatic N) is 2. The van der Waals surface area contributed by atoms with Gasteiger partial charge in [0.15, 0.2) is 0 Å². The summed E-state index contributed by atoms with van der Waals surface area (Å²) in [5, 5.41) is 14.0. The van der Waals surface area contributed by atoms with Crippen LogP contribution in [-0.2, 0) is 10.5 Å². The topological polar surface area (TPSA) is 94.4 Å². The molecule has 0 saturated carbocycles. The molecule has 1 aromatic carbocycles. The summed E-state index contributed by atoms with van der Waals surface area (Å²) in [7, 11) is 0. The van der Waals surface area contributed by atoms with E-state index in [9.17, 15) is 14.9 Å². The minimum atomic E-state index is -0.684. The molecule has 132 valence electrons. The van der Waals surface area contributed by atoms with Crippen molar-refractivity contribution in [3.05, 3.63) is 58.3 Å². The summed E-state index contributed by atoms with van der Waals surface area (Å²) in [6.45, 7) is 5.22. The van der Waals surface area contributed by atoms with Crippen molar-refractivity contribution >= 4 is 29.2 Å². The zero-order chi connectivity index (χ0) is 18.4. The first kappa shape index (κ1) is 18.7. The lowest BCUT2D eigenvalue weighted by Gasteiger charge is -2.20. The number of thioether (sulfide) groups is 1. The van der Waals surface area contributed by atoms with Gasteiger partial charge in [0, 0.05) is 11.8 Å². The Hall–Kier alpha value is -2.61. The molecule has 0 atom stereocenters. The number of rotatable bonds is 5. The van der Waals surface area contributed by atoms with Crippen LogP contribution in [0.5, 0.6) is 0 Å². The number of nitrogens with one attached hydrogen (secondary N) is 1. The summed E-state index contributed by atoms with van der Waals surface area (Å²) in [5.41, 5.74) is 0.464. The number of pyridine rings is 1. The van der Waals surface area contributed by atoms with Gasteiger partial charge in [0.1, 0.15) is 16.8 Å². The van der Waals surface area contributed by atoms with Gasteiger partial charge in [-0.3, -0.25) is 15.4 Å². The van der Waals surface area contributed by atoms with Gasteiger partial charge < -0.3 is 4.74 Å². The lowest BCUT2D eigenvalue weighted by atomic mass is 10.2. The van der Waals surface area contributed by atoms with Crippen LogP contribution in [0.4, 0.5) is 16.2 Å². The molecule has 1 aromatic heterocycles. The minimum Gasteiger partial charge on any atom is -0.444 e. The molecule has 7 nitrogen and oxygen atoms in total. The summed E-state index contributed by atoms with van der Waals surface area (Å²) in [6, 6.07) is 11.0. The van der Waals surface area contributed by atoms with Gasteiger partial charge in [-0.2, -0.15) is 0 Å². The molecule has 0 unspecified atom stereocenters. The van der Waals surface area contributed by atoms with E-state index >= 15 is 0 Å². The summed E-state index contributed by atoms with van der Waals surface area (Å²) in [5.74, 6) is 0.620. The normalized spacial score (nSPS) is 11.0. The van der Waals surface area contributed by atoms with Crippen molar-refractivity contribution in [2.24, 2.45) is 0 Å². The molecule has 8 heteroatoms. The molecule has 1 amide bonds. The summed E-state index contributed by atoms with van der Waals surface area (Å²) in [6.07, 6.45) is 0.490. The third kappa shape index (κ3) is 6.07. The Bertz CT molecular complexity index is 760. The predicted octanol–water partition coefficient (Wildman–Crippen LogP) is 4.63. The van der Waals surface area contributed by atoms with Crippen LogP contribution in [0.2, 0.25) is 0 Å². The van der Waals surface area contributed by atoms with Crippen molar-refractivity contribution in [3.63, 3.8) is 0 Å². The minimum absolute atomic E-state index is 0.199. The highest BCUT2D eigenvalue weighted by atomic mass is 32.2. The van der Waals surface area contributed by atoms with Crippen LogP contribution < -0.4 is 5.32 Å². The Morgan fingerprint density at radius 3 is 2.60 bits per heavy atom. The van der Waals surface area contributed by atoms with E-state index < -0.39 is 16.6 Å². The second-order valence-electron chi connectivity index (χ2n) is 6.20. The number of aromatic nitrogens is 1. The molecule has 0 bridgehead atoms. The number of anilines is 1. The molecule has 0 aliphatic carbocycles. The van der Waals surface area contributed by atoms with Gasteiger partial charge in [0.25, 0.3) is 5.69 Å². The van der Waals surface area contributed by atoms with Crippen molar-refractivity contribution < 1.29 is 14.5 Å². The molecule has 0 spiro atoms. The molecular weight excluding hydrogens is 342 g/mol. The van der Waals surface area contributed by atoms with Crippen molar-refractivity contribution in [3.8, 4) is 0 Å². The highest BCUT2D eigenvalue weighted by molar-refractivity contribution is 7.98. The number of benzene rings is 1. The average Bonchev–Trinajstić information content (AvgIpc) is 2.52. The van der Waals surface area contributed by atoms with Gasteiger partial charge in [0.05, 0.1) is 10.6 Å². The molecular formula is C17H19N3O4S. The van der Waals surface area contributed by atoms with Gasteiger partial charge in [-0.05, 0) is 26.3 Å². The van der Waals surface area contributed by atoms with Crippen LogP contribution in [0.15, 0.2) is 47.6 Å². The molecule has 0 aliphatic rings. The second kappa shape index (κ2) is 7.98. The second-order valence-corrected chi connectivity index (χ2v) is 7.17. The quantitative estimate of drug-likeness (QED) is 0.474. The first-order valence-electron chi connectivity index (χ1n) is 7.56. The van der Waals surface area contributed by atoms with Crippen LogP contribution in [0.3, 0.4) is 0 Å². The SMILES string of the molecule is CC(C)(C)OC(=O)Nc1cc([N+](=O)[O-])cnc1SCc1ccccc1. The highest BCUT2D eigenvalue weighted by Crippen LogP contribution is 2.31. The first-order chi connectivity index (χ1) is 11.7. The maximum Gasteiger partial charge on any atom is 0.412 e. The zero-order valence-electron chi connectivity index (χ0n) is 14.2. The number of hydrogen-bond donors (Lipinski definition) is 1. The Labute approximate surface area is 149 Å². The number of carbonyl (C=O) groups excluding carboxylic acids is 1. The maximum absolute atomic E-state index is 12.0. The molecule has 2 aromatic rings. The molecule has 0 radical (unpaired) electrons. The van der Waals surface area contributed by atoms with Gasteiger partial charge in [0.2, 0.25) is 0 Å². The van der Waals surface area contributed by atoms with Crippen LogP contribution in [-0.4, -0.2) is 21.6 Å². The molecule has 25 heavy (non-hydrogen) atoms. The standard InChI is InChI=1S/C17H19N3O4S/c1-17(2,3)24-16(21)19-14-9-13(20(22)23)10-18-15(14)25-11-12-7-5-4-6-8-12/h4-10H,11H2,1-3H3,(H,19,21). The lowest BCUT2D eigenvalue weighted by molar-refractivity contribution is -0.385. The van der Waals surface area contributed by atoms with Crippen molar-refractivity contribution in [2.75, 3.05) is 5.32 Å². The predicted molar refractivity (Wildman–Crippen MR) is 96.8 cm³/mol. The van der Waals surface area contributed by atoms with Crippen molar-refractivity contribution in [2.45, 2.75) is 37.2 Å². The molecule has 0 fully saturated rings. The third-order valence-corrected chi connectivity index (χ3v) is 3.98. The van der Waals surface area contributed by atoms with Gasteiger partial charge >= 0.3 is 6.09 Å². The summed E-state index contributed by atoms with van der Waals surface area (Å²) >= 11 is 1.38. The lowest BCUT2D eigenvalue weighted by Crippen LogP contribution is -2.27. The third-order valence-electron chi connectivity index (χ3n) is 2.90. The van der Waals surface area contributed by atoms with E-state index in [-0.39, 0.29) is 11.4 Å². The number of ether oxygens (including phenoxy) is 1. The molecule has 1 heterocycles. The fraction of sp³-hybridized carbons (Fsp3) is 0.294.